The van der Waals surface area contributed by atoms with Gasteiger partial charge in [-0.2, -0.15) is 0 Å². The van der Waals surface area contributed by atoms with Crippen molar-refractivity contribution >= 4 is 29.3 Å². The second-order valence-electron chi connectivity index (χ2n) is 5.79. The van der Waals surface area contributed by atoms with Crippen molar-refractivity contribution in [2.24, 2.45) is 0 Å². The number of halogens is 1. The van der Waals surface area contributed by atoms with Gasteiger partial charge in [0.15, 0.2) is 0 Å². The predicted molar refractivity (Wildman–Crippen MR) is 105 cm³/mol. The Balaban J connectivity index is 1.88. The van der Waals surface area contributed by atoms with Crippen LogP contribution in [-0.4, -0.2) is 24.1 Å². The Morgan fingerprint density at radius 3 is 2.58 bits per heavy atom. The average molecular weight is 374 g/mol. The second-order valence-corrected chi connectivity index (χ2v) is 6.77. The zero-order valence-electron chi connectivity index (χ0n) is 14.8. The Bertz CT molecular complexity index is 752. The monoisotopic (exact) mass is 374 g/mol. The second kappa shape index (κ2) is 10.6. The number of carbonyl (C=O) groups is 2. The molecular formula is C20H23FN2O2S. The standard InChI is InChI=1S/C20H23FN2O2S/c1-2-3-12-22-20(25)16-9-5-7-11-18(16)23-19(24)14-26-13-15-8-4-6-10-17(15)21/h4-11H,2-3,12-14H2,1H3,(H,22,25)(H,23,24). The van der Waals surface area contributed by atoms with Gasteiger partial charge in [0, 0.05) is 12.3 Å². The summed E-state index contributed by atoms with van der Waals surface area (Å²) in [5.74, 6) is -0.0951. The van der Waals surface area contributed by atoms with Crippen LogP contribution in [0.1, 0.15) is 35.7 Å². The molecule has 6 heteroatoms. The summed E-state index contributed by atoms with van der Waals surface area (Å²) < 4.78 is 13.6. The Morgan fingerprint density at radius 1 is 1.08 bits per heavy atom. The molecule has 0 aliphatic carbocycles. The fourth-order valence-electron chi connectivity index (χ4n) is 2.32. The van der Waals surface area contributed by atoms with Crippen LogP contribution in [0.4, 0.5) is 10.1 Å². The minimum absolute atomic E-state index is 0.181. The molecule has 0 atom stereocenters. The van der Waals surface area contributed by atoms with Gasteiger partial charge >= 0.3 is 0 Å². The predicted octanol–water partition coefficient (Wildman–Crippen LogP) is 4.23. The molecule has 2 aromatic carbocycles. The van der Waals surface area contributed by atoms with E-state index in [0.29, 0.717) is 29.1 Å². The fourth-order valence-corrected chi connectivity index (χ4v) is 3.13. The van der Waals surface area contributed by atoms with Crippen molar-refractivity contribution in [1.29, 1.82) is 0 Å². The van der Waals surface area contributed by atoms with Gasteiger partial charge in [0.25, 0.3) is 5.91 Å². The summed E-state index contributed by atoms with van der Waals surface area (Å²) in [6.07, 6.45) is 1.91. The molecule has 138 valence electrons. The smallest absolute Gasteiger partial charge is 0.253 e. The maximum atomic E-state index is 13.6. The molecule has 0 saturated heterocycles. The van der Waals surface area contributed by atoms with Crippen LogP contribution in [0.3, 0.4) is 0 Å². The van der Waals surface area contributed by atoms with Crippen molar-refractivity contribution in [1.82, 2.24) is 5.32 Å². The highest BCUT2D eigenvalue weighted by atomic mass is 32.2. The number of thioether (sulfide) groups is 1. The molecule has 0 radical (unpaired) electrons. The van der Waals surface area contributed by atoms with Gasteiger partial charge in [0.2, 0.25) is 5.91 Å². The molecule has 0 aliphatic rings. The minimum Gasteiger partial charge on any atom is -0.352 e. The molecule has 0 bridgehead atoms. The molecule has 2 N–H and O–H groups in total. The van der Waals surface area contributed by atoms with Crippen LogP contribution in [-0.2, 0) is 10.5 Å². The van der Waals surface area contributed by atoms with Crippen LogP contribution in [0.15, 0.2) is 48.5 Å². The van der Waals surface area contributed by atoms with Crippen LogP contribution < -0.4 is 10.6 Å². The summed E-state index contributed by atoms with van der Waals surface area (Å²) in [6, 6.07) is 13.4. The fraction of sp³-hybridized carbons (Fsp3) is 0.300. The van der Waals surface area contributed by atoms with Gasteiger partial charge in [-0.05, 0) is 30.2 Å². The van der Waals surface area contributed by atoms with E-state index >= 15 is 0 Å². The van der Waals surface area contributed by atoms with Crippen LogP contribution in [0, 0.1) is 5.82 Å². The van der Waals surface area contributed by atoms with Crippen molar-refractivity contribution in [2.75, 3.05) is 17.6 Å². The first-order valence-corrected chi connectivity index (χ1v) is 9.75. The number of rotatable bonds is 9. The maximum Gasteiger partial charge on any atom is 0.253 e. The van der Waals surface area contributed by atoms with E-state index in [0.717, 1.165) is 12.8 Å². The molecule has 2 aromatic rings. The average Bonchev–Trinajstić information content (AvgIpc) is 2.64. The van der Waals surface area contributed by atoms with E-state index in [1.165, 1.54) is 17.8 Å². The van der Waals surface area contributed by atoms with E-state index in [2.05, 4.69) is 17.6 Å². The third kappa shape index (κ3) is 6.19. The minimum atomic E-state index is -0.269. The number of hydrogen-bond donors (Lipinski definition) is 2. The number of hydrogen-bond acceptors (Lipinski definition) is 3. The largest absolute Gasteiger partial charge is 0.352 e. The van der Waals surface area contributed by atoms with Crippen LogP contribution in [0.5, 0.6) is 0 Å². The zero-order chi connectivity index (χ0) is 18.8. The molecule has 0 saturated carbocycles. The van der Waals surface area contributed by atoms with Gasteiger partial charge < -0.3 is 10.6 Å². The third-order valence-electron chi connectivity index (χ3n) is 3.71. The van der Waals surface area contributed by atoms with Gasteiger partial charge in [-0.3, -0.25) is 9.59 Å². The lowest BCUT2D eigenvalue weighted by Gasteiger charge is -2.11. The summed E-state index contributed by atoms with van der Waals surface area (Å²) in [5, 5.41) is 5.62. The van der Waals surface area contributed by atoms with E-state index < -0.39 is 0 Å². The first kappa shape index (κ1) is 20.0. The van der Waals surface area contributed by atoms with E-state index in [9.17, 15) is 14.0 Å². The Kier molecular flexibility index (Phi) is 8.15. The van der Waals surface area contributed by atoms with Gasteiger partial charge in [0.1, 0.15) is 5.82 Å². The summed E-state index contributed by atoms with van der Waals surface area (Å²) in [7, 11) is 0. The lowest BCUT2D eigenvalue weighted by molar-refractivity contribution is -0.113. The highest BCUT2D eigenvalue weighted by Gasteiger charge is 2.13. The number of unbranched alkanes of at least 4 members (excludes halogenated alkanes) is 1. The highest BCUT2D eigenvalue weighted by Crippen LogP contribution is 2.18. The summed E-state index contributed by atoms with van der Waals surface area (Å²) in [5.41, 5.74) is 1.50. The number of nitrogens with one attached hydrogen (secondary N) is 2. The normalized spacial score (nSPS) is 10.4. The number of anilines is 1. The van der Waals surface area contributed by atoms with Crippen molar-refractivity contribution in [2.45, 2.75) is 25.5 Å². The topological polar surface area (TPSA) is 58.2 Å². The number of carbonyl (C=O) groups excluding carboxylic acids is 2. The Labute approximate surface area is 157 Å². The van der Waals surface area contributed by atoms with Gasteiger partial charge in [-0.25, -0.2) is 4.39 Å². The summed E-state index contributed by atoms with van der Waals surface area (Å²) >= 11 is 1.33. The quantitative estimate of drug-likeness (QED) is 0.646. The van der Waals surface area contributed by atoms with Gasteiger partial charge in [0.05, 0.1) is 17.0 Å². The highest BCUT2D eigenvalue weighted by molar-refractivity contribution is 7.99. The molecule has 0 aromatic heterocycles. The van der Waals surface area contributed by atoms with E-state index in [-0.39, 0.29) is 23.4 Å². The van der Waals surface area contributed by atoms with Crippen LogP contribution in [0.25, 0.3) is 0 Å². The lowest BCUT2D eigenvalue weighted by atomic mass is 10.1. The molecule has 4 nitrogen and oxygen atoms in total. The molecule has 2 rings (SSSR count). The number of amides is 2. The third-order valence-corrected chi connectivity index (χ3v) is 4.69. The lowest BCUT2D eigenvalue weighted by Crippen LogP contribution is -2.26. The molecule has 2 amide bonds. The molecule has 26 heavy (non-hydrogen) atoms. The van der Waals surface area contributed by atoms with E-state index in [4.69, 9.17) is 0 Å². The number of benzene rings is 2. The molecule has 0 fully saturated rings. The molecular weight excluding hydrogens is 351 g/mol. The summed E-state index contributed by atoms with van der Waals surface area (Å²) in [4.78, 5) is 24.4. The first-order valence-electron chi connectivity index (χ1n) is 8.60. The zero-order valence-corrected chi connectivity index (χ0v) is 15.6. The van der Waals surface area contributed by atoms with Crippen molar-refractivity contribution < 1.29 is 14.0 Å². The first-order chi connectivity index (χ1) is 12.6. The van der Waals surface area contributed by atoms with E-state index in [1.807, 2.05) is 0 Å². The Hall–Kier alpha value is -2.34. The van der Waals surface area contributed by atoms with Gasteiger partial charge in [-0.15, -0.1) is 11.8 Å². The number of para-hydroxylation sites is 1. The Morgan fingerprint density at radius 2 is 1.81 bits per heavy atom. The molecule has 0 heterocycles. The van der Waals surface area contributed by atoms with Crippen molar-refractivity contribution in [3.05, 3.63) is 65.5 Å². The van der Waals surface area contributed by atoms with Crippen molar-refractivity contribution in [3.63, 3.8) is 0 Å². The van der Waals surface area contributed by atoms with Gasteiger partial charge in [-0.1, -0.05) is 43.7 Å². The molecule has 0 spiro atoms. The maximum absolute atomic E-state index is 13.6. The SMILES string of the molecule is CCCCNC(=O)c1ccccc1NC(=O)CSCc1ccccc1F. The van der Waals surface area contributed by atoms with Crippen molar-refractivity contribution in [3.8, 4) is 0 Å². The summed E-state index contributed by atoms with van der Waals surface area (Å²) in [6.45, 7) is 2.66. The van der Waals surface area contributed by atoms with Crippen LogP contribution in [0.2, 0.25) is 0 Å². The molecule has 0 unspecified atom stereocenters. The van der Waals surface area contributed by atoms with Crippen LogP contribution >= 0.6 is 11.8 Å². The molecule has 0 aliphatic heterocycles. The van der Waals surface area contributed by atoms with E-state index in [1.54, 1.807) is 42.5 Å².